The molecular weight excluding hydrogens is 348 g/mol. The summed E-state index contributed by atoms with van der Waals surface area (Å²) in [6.45, 7) is 1.37. The maximum atomic E-state index is 11.2. The summed E-state index contributed by atoms with van der Waals surface area (Å²) < 4.78 is 24.9. The standard InChI is InChI=1S/C20H26N2O3S/c1-26(24,25)22-19-10-8-17(9-11-19)20(23)14-21-13-15-6-7-16-4-2-3-5-18(16)12-15/h2-5,8-11,15,20-23H,6-7,12-14H2,1H3/t15-,20+/m1/s1. The maximum Gasteiger partial charge on any atom is 0.229 e. The van der Waals surface area contributed by atoms with Crippen LogP contribution in [0.3, 0.4) is 0 Å². The molecule has 2 aromatic carbocycles. The fraction of sp³-hybridized carbons (Fsp3) is 0.400. The molecule has 26 heavy (non-hydrogen) atoms. The SMILES string of the molecule is CS(=O)(=O)Nc1ccc([C@@H](O)CNC[C@@H]2CCc3ccccc3C2)cc1. The molecule has 1 aliphatic carbocycles. The minimum atomic E-state index is -3.28. The van der Waals surface area contributed by atoms with E-state index in [0.717, 1.165) is 31.2 Å². The molecule has 3 rings (SSSR count). The van der Waals surface area contributed by atoms with Gasteiger partial charge in [-0.1, -0.05) is 36.4 Å². The molecule has 3 N–H and O–H groups in total. The highest BCUT2D eigenvalue weighted by Crippen LogP contribution is 2.25. The molecule has 0 saturated heterocycles. The van der Waals surface area contributed by atoms with Crippen LogP contribution in [0.5, 0.6) is 0 Å². The van der Waals surface area contributed by atoms with Crippen LogP contribution < -0.4 is 10.0 Å². The first-order valence-corrected chi connectivity index (χ1v) is 10.8. The molecule has 0 saturated carbocycles. The molecule has 0 amide bonds. The predicted molar refractivity (Wildman–Crippen MR) is 105 cm³/mol. The van der Waals surface area contributed by atoms with Crippen molar-refractivity contribution in [1.29, 1.82) is 0 Å². The van der Waals surface area contributed by atoms with Gasteiger partial charge in [-0.25, -0.2) is 8.42 Å². The number of aryl methyl sites for hydroxylation is 1. The summed E-state index contributed by atoms with van der Waals surface area (Å²) in [6, 6.07) is 15.4. The van der Waals surface area contributed by atoms with E-state index in [-0.39, 0.29) is 0 Å². The number of fused-ring (bicyclic) bond motifs is 1. The molecule has 0 fully saturated rings. The number of anilines is 1. The molecule has 1 aliphatic rings. The van der Waals surface area contributed by atoms with Gasteiger partial charge in [0, 0.05) is 12.2 Å². The first-order valence-electron chi connectivity index (χ1n) is 8.94. The maximum absolute atomic E-state index is 11.2. The normalized spacial score (nSPS) is 18.2. The van der Waals surface area contributed by atoms with Gasteiger partial charge in [0.05, 0.1) is 12.4 Å². The highest BCUT2D eigenvalue weighted by atomic mass is 32.2. The largest absolute Gasteiger partial charge is 0.387 e. The van der Waals surface area contributed by atoms with Crippen molar-refractivity contribution in [2.45, 2.75) is 25.4 Å². The first kappa shape index (κ1) is 18.9. The zero-order chi connectivity index (χ0) is 18.6. The summed E-state index contributed by atoms with van der Waals surface area (Å²) >= 11 is 0. The van der Waals surface area contributed by atoms with Crippen molar-refractivity contribution >= 4 is 15.7 Å². The molecule has 2 atom stereocenters. The van der Waals surface area contributed by atoms with Gasteiger partial charge in [-0.3, -0.25) is 4.72 Å². The number of hydrogen-bond acceptors (Lipinski definition) is 4. The Bertz CT molecular complexity index is 834. The van der Waals surface area contributed by atoms with Gasteiger partial charge >= 0.3 is 0 Å². The average molecular weight is 375 g/mol. The third-order valence-electron chi connectivity index (χ3n) is 4.82. The van der Waals surface area contributed by atoms with E-state index in [1.165, 1.54) is 17.5 Å². The van der Waals surface area contributed by atoms with E-state index in [4.69, 9.17) is 0 Å². The Balaban J connectivity index is 1.46. The molecule has 0 aromatic heterocycles. The summed E-state index contributed by atoms with van der Waals surface area (Å²) in [7, 11) is -3.28. The molecule has 0 unspecified atom stereocenters. The Kier molecular flexibility index (Phi) is 5.96. The van der Waals surface area contributed by atoms with Gasteiger partial charge in [0.15, 0.2) is 0 Å². The number of aliphatic hydroxyl groups is 1. The van der Waals surface area contributed by atoms with Crippen LogP contribution in [-0.2, 0) is 22.9 Å². The highest BCUT2D eigenvalue weighted by Gasteiger charge is 2.18. The molecule has 5 nitrogen and oxygen atoms in total. The topological polar surface area (TPSA) is 78.4 Å². The smallest absolute Gasteiger partial charge is 0.229 e. The van der Waals surface area contributed by atoms with Crippen LogP contribution in [0.1, 0.15) is 29.2 Å². The quantitative estimate of drug-likeness (QED) is 0.696. The first-order chi connectivity index (χ1) is 12.4. The van der Waals surface area contributed by atoms with Crippen molar-refractivity contribution in [3.05, 3.63) is 65.2 Å². The molecule has 0 radical (unpaired) electrons. The van der Waals surface area contributed by atoms with Crippen molar-refractivity contribution in [3.8, 4) is 0 Å². The van der Waals surface area contributed by atoms with Crippen LogP contribution >= 0.6 is 0 Å². The summed E-state index contributed by atoms with van der Waals surface area (Å²) in [5.41, 5.74) is 4.18. The van der Waals surface area contributed by atoms with Crippen LogP contribution in [0, 0.1) is 5.92 Å². The summed E-state index contributed by atoms with van der Waals surface area (Å²) in [4.78, 5) is 0. The van der Waals surface area contributed by atoms with Gasteiger partial charge in [-0.05, 0) is 60.5 Å². The van der Waals surface area contributed by atoms with Gasteiger partial charge < -0.3 is 10.4 Å². The van der Waals surface area contributed by atoms with E-state index in [2.05, 4.69) is 34.3 Å². The van der Waals surface area contributed by atoms with E-state index in [1.54, 1.807) is 24.3 Å². The fourth-order valence-electron chi connectivity index (χ4n) is 3.48. The Morgan fingerprint density at radius 1 is 1.12 bits per heavy atom. The monoisotopic (exact) mass is 374 g/mol. The highest BCUT2D eigenvalue weighted by molar-refractivity contribution is 7.92. The zero-order valence-corrected chi connectivity index (χ0v) is 15.8. The van der Waals surface area contributed by atoms with E-state index in [1.807, 2.05) is 0 Å². The number of benzene rings is 2. The second kappa shape index (κ2) is 8.20. The number of nitrogens with one attached hydrogen (secondary N) is 2. The number of rotatable bonds is 7. The minimum Gasteiger partial charge on any atom is -0.387 e. The lowest BCUT2D eigenvalue weighted by Gasteiger charge is -2.25. The van der Waals surface area contributed by atoms with Gasteiger partial charge in [-0.15, -0.1) is 0 Å². The summed E-state index contributed by atoms with van der Waals surface area (Å²) in [5.74, 6) is 0.596. The van der Waals surface area contributed by atoms with Gasteiger partial charge in [0.1, 0.15) is 0 Å². The van der Waals surface area contributed by atoms with Crippen molar-refractivity contribution in [3.63, 3.8) is 0 Å². The lowest BCUT2D eigenvalue weighted by atomic mass is 9.84. The average Bonchev–Trinajstić information content (AvgIpc) is 2.61. The summed E-state index contributed by atoms with van der Waals surface area (Å²) in [5, 5.41) is 13.7. The van der Waals surface area contributed by atoms with E-state index < -0.39 is 16.1 Å². The van der Waals surface area contributed by atoms with Crippen molar-refractivity contribution in [2.75, 3.05) is 24.1 Å². The Morgan fingerprint density at radius 3 is 2.50 bits per heavy atom. The molecule has 140 valence electrons. The minimum absolute atomic E-state index is 0.483. The molecular formula is C20H26N2O3S. The Morgan fingerprint density at radius 2 is 1.81 bits per heavy atom. The number of aliphatic hydroxyl groups excluding tert-OH is 1. The van der Waals surface area contributed by atoms with Crippen LogP contribution in [0.15, 0.2) is 48.5 Å². The van der Waals surface area contributed by atoms with Crippen molar-refractivity contribution < 1.29 is 13.5 Å². The molecule has 0 bridgehead atoms. The second-order valence-electron chi connectivity index (χ2n) is 7.05. The van der Waals surface area contributed by atoms with Gasteiger partial charge in [0.25, 0.3) is 0 Å². The van der Waals surface area contributed by atoms with Crippen LogP contribution in [0.25, 0.3) is 0 Å². The molecule has 2 aromatic rings. The van der Waals surface area contributed by atoms with Crippen molar-refractivity contribution in [1.82, 2.24) is 5.32 Å². The van der Waals surface area contributed by atoms with E-state index in [0.29, 0.717) is 18.2 Å². The van der Waals surface area contributed by atoms with Gasteiger partial charge in [-0.2, -0.15) is 0 Å². The number of sulfonamides is 1. The van der Waals surface area contributed by atoms with Crippen LogP contribution in [-0.4, -0.2) is 32.9 Å². The van der Waals surface area contributed by atoms with Crippen LogP contribution in [0.2, 0.25) is 0 Å². The molecule has 6 heteroatoms. The second-order valence-corrected chi connectivity index (χ2v) is 8.80. The lowest BCUT2D eigenvalue weighted by molar-refractivity contribution is 0.172. The lowest BCUT2D eigenvalue weighted by Crippen LogP contribution is -2.30. The Hall–Kier alpha value is -1.89. The third-order valence-corrected chi connectivity index (χ3v) is 5.42. The third kappa shape index (κ3) is 5.30. The van der Waals surface area contributed by atoms with E-state index >= 15 is 0 Å². The fourth-order valence-corrected chi connectivity index (χ4v) is 4.04. The Labute approximate surface area is 155 Å². The van der Waals surface area contributed by atoms with Crippen LogP contribution in [0.4, 0.5) is 5.69 Å². The van der Waals surface area contributed by atoms with Gasteiger partial charge in [0.2, 0.25) is 10.0 Å². The summed E-state index contributed by atoms with van der Waals surface area (Å²) in [6.07, 6.45) is 3.89. The van der Waals surface area contributed by atoms with Crippen molar-refractivity contribution in [2.24, 2.45) is 5.92 Å². The molecule has 0 spiro atoms. The zero-order valence-electron chi connectivity index (χ0n) is 15.0. The molecule has 0 aliphatic heterocycles. The number of hydrogen-bond donors (Lipinski definition) is 3. The predicted octanol–water partition coefficient (Wildman–Crippen LogP) is 2.49. The van der Waals surface area contributed by atoms with E-state index in [9.17, 15) is 13.5 Å². The molecule has 0 heterocycles.